The summed E-state index contributed by atoms with van der Waals surface area (Å²) in [6.45, 7) is 0.575. The standard InChI is InChI=1S/C16H17N3O2/c1-18-11-13(10-15(18)20)17-16(21)12-4-6-14(7-5-12)19-8-2-3-9-19/h2-9,13H,10-11H2,1H3,(H,17,21). The van der Waals surface area contributed by atoms with E-state index in [9.17, 15) is 9.59 Å². The van der Waals surface area contributed by atoms with Crippen LogP contribution in [0.2, 0.25) is 0 Å². The molecule has 5 heteroatoms. The number of nitrogens with zero attached hydrogens (tertiary/aromatic N) is 2. The van der Waals surface area contributed by atoms with Crippen LogP contribution in [-0.2, 0) is 4.79 Å². The topological polar surface area (TPSA) is 54.3 Å². The van der Waals surface area contributed by atoms with E-state index in [1.54, 1.807) is 24.1 Å². The van der Waals surface area contributed by atoms with Crippen molar-refractivity contribution in [1.29, 1.82) is 0 Å². The van der Waals surface area contributed by atoms with E-state index in [1.807, 2.05) is 41.2 Å². The van der Waals surface area contributed by atoms with Crippen molar-refractivity contribution >= 4 is 11.8 Å². The highest BCUT2D eigenvalue weighted by molar-refractivity contribution is 5.95. The monoisotopic (exact) mass is 283 g/mol. The number of rotatable bonds is 3. The highest BCUT2D eigenvalue weighted by Gasteiger charge is 2.27. The molecular formula is C16H17N3O2. The molecular weight excluding hydrogens is 266 g/mol. The zero-order valence-electron chi connectivity index (χ0n) is 11.8. The fourth-order valence-corrected chi connectivity index (χ4v) is 2.52. The molecule has 5 nitrogen and oxygen atoms in total. The minimum absolute atomic E-state index is 0.0725. The normalized spacial score (nSPS) is 18.0. The molecule has 2 amide bonds. The molecule has 1 fully saturated rings. The molecule has 1 unspecified atom stereocenters. The third kappa shape index (κ3) is 2.81. The molecule has 1 aliphatic rings. The Labute approximate surface area is 123 Å². The number of carbonyl (C=O) groups is 2. The number of nitrogens with one attached hydrogen (secondary N) is 1. The molecule has 0 aliphatic carbocycles. The predicted octanol–water partition coefficient (Wildman–Crippen LogP) is 1.44. The maximum absolute atomic E-state index is 12.2. The van der Waals surface area contributed by atoms with Crippen LogP contribution in [0.5, 0.6) is 0 Å². The SMILES string of the molecule is CN1CC(NC(=O)c2ccc(-n3cccc3)cc2)CC1=O. The first kappa shape index (κ1) is 13.4. The van der Waals surface area contributed by atoms with E-state index >= 15 is 0 Å². The summed E-state index contributed by atoms with van der Waals surface area (Å²) in [5, 5.41) is 2.90. The highest BCUT2D eigenvalue weighted by atomic mass is 16.2. The van der Waals surface area contributed by atoms with Gasteiger partial charge in [-0.3, -0.25) is 9.59 Å². The Balaban J connectivity index is 1.67. The van der Waals surface area contributed by atoms with E-state index in [-0.39, 0.29) is 17.9 Å². The number of hydrogen-bond donors (Lipinski definition) is 1. The van der Waals surface area contributed by atoms with Crippen molar-refractivity contribution in [1.82, 2.24) is 14.8 Å². The molecule has 1 saturated heterocycles. The van der Waals surface area contributed by atoms with Gasteiger partial charge in [-0.25, -0.2) is 0 Å². The lowest BCUT2D eigenvalue weighted by Crippen LogP contribution is -2.36. The second-order valence-corrected chi connectivity index (χ2v) is 5.29. The molecule has 0 saturated carbocycles. The number of amides is 2. The molecule has 1 aromatic heterocycles. The van der Waals surface area contributed by atoms with E-state index in [0.29, 0.717) is 18.5 Å². The van der Waals surface area contributed by atoms with Crippen LogP contribution in [0, 0.1) is 0 Å². The lowest BCUT2D eigenvalue weighted by Gasteiger charge is -2.12. The molecule has 2 aromatic rings. The van der Waals surface area contributed by atoms with Crippen molar-refractivity contribution in [3.05, 3.63) is 54.4 Å². The Morgan fingerprint density at radius 1 is 1.19 bits per heavy atom. The average Bonchev–Trinajstić information content (AvgIpc) is 3.10. The van der Waals surface area contributed by atoms with Gasteiger partial charge in [-0.1, -0.05) is 0 Å². The van der Waals surface area contributed by atoms with E-state index in [0.717, 1.165) is 5.69 Å². The van der Waals surface area contributed by atoms with Crippen molar-refractivity contribution in [2.24, 2.45) is 0 Å². The largest absolute Gasteiger partial charge is 0.347 e. The fourth-order valence-electron chi connectivity index (χ4n) is 2.52. The number of carbonyl (C=O) groups excluding carboxylic acids is 2. The zero-order valence-corrected chi connectivity index (χ0v) is 11.8. The van der Waals surface area contributed by atoms with Crippen LogP contribution < -0.4 is 5.32 Å². The van der Waals surface area contributed by atoms with Crippen LogP contribution in [0.3, 0.4) is 0 Å². The van der Waals surface area contributed by atoms with Gasteiger partial charge in [0.15, 0.2) is 0 Å². The summed E-state index contributed by atoms with van der Waals surface area (Å²) in [6, 6.07) is 11.2. The Hall–Kier alpha value is -2.56. The summed E-state index contributed by atoms with van der Waals surface area (Å²) in [7, 11) is 1.75. The Kier molecular flexibility index (Phi) is 3.48. The van der Waals surface area contributed by atoms with Crippen molar-refractivity contribution in [2.45, 2.75) is 12.5 Å². The van der Waals surface area contributed by atoms with Crippen LogP contribution >= 0.6 is 0 Å². The van der Waals surface area contributed by atoms with Gasteiger partial charge in [0.25, 0.3) is 5.91 Å². The number of benzene rings is 1. The summed E-state index contributed by atoms with van der Waals surface area (Å²) in [6.07, 6.45) is 4.29. The lowest BCUT2D eigenvalue weighted by molar-refractivity contribution is -0.126. The van der Waals surface area contributed by atoms with E-state index < -0.39 is 0 Å². The molecule has 1 aliphatic heterocycles. The maximum atomic E-state index is 12.2. The van der Waals surface area contributed by atoms with Gasteiger partial charge in [-0.05, 0) is 36.4 Å². The number of likely N-dealkylation sites (tertiary alicyclic amines) is 1. The minimum atomic E-state index is -0.137. The summed E-state index contributed by atoms with van der Waals surface area (Å²) in [5.41, 5.74) is 1.61. The van der Waals surface area contributed by atoms with Crippen LogP contribution in [0.25, 0.3) is 5.69 Å². The van der Waals surface area contributed by atoms with Crippen LogP contribution in [-0.4, -0.2) is 40.9 Å². The summed E-state index contributed by atoms with van der Waals surface area (Å²) >= 11 is 0. The van der Waals surface area contributed by atoms with Crippen molar-refractivity contribution in [3.8, 4) is 5.69 Å². The first-order valence-corrected chi connectivity index (χ1v) is 6.92. The number of likely N-dealkylation sites (N-methyl/N-ethyl adjacent to an activating group) is 1. The molecule has 3 rings (SSSR count). The summed E-state index contributed by atoms with van der Waals surface area (Å²) in [4.78, 5) is 25.3. The Bertz CT molecular complexity index is 647. The first-order chi connectivity index (χ1) is 10.1. The van der Waals surface area contributed by atoms with Gasteiger partial charge in [0.2, 0.25) is 5.91 Å². The number of hydrogen-bond acceptors (Lipinski definition) is 2. The van der Waals surface area contributed by atoms with E-state index in [1.165, 1.54) is 0 Å². The fraction of sp³-hybridized carbons (Fsp3) is 0.250. The van der Waals surface area contributed by atoms with Gasteiger partial charge in [0.05, 0.1) is 6.04 Å². The summed E-state index contributed by atoms with van der Waals surface area (Å²) in [5.74, 6) is -0.0644. The molecule has 0 radical (unpaired) electrons. The second-order valence-electron chi connectivity index (χ2n) is 5.29. The van der Waals surface area contributed by atoms with Gasteiger partial charge in [-0.15, -0.1) is 0 Å². The van der Waals surface area contributed by atoms with E-state index in [2.05, 4.69) is 5.32 Å². The minimum Gasteiger partial charge on any atom is -0.347 e. The molecule has 1 aromatic carbocycles. The third-order valence-electron chi connectivity index (χ3n) is 3.71. The van der Waals surface area contributed by atoms with Gasteiger partial charge in [0, 0.05) is 43.7 Å². The number of aromatic nitrogens is 1. The van der Waals surface area contributed by atoms with Gasteiger partial charge in [-0.2, -0.15) is 0 Å². The lowest BCUT2D eigenvalue weighted by atomic mass is 10.1. The van der Waals surface area contributed by atoms with E-state index in [4.69, 9.17) is 0 Å². The van der Waals surface area contributed by atoms with Crippen LogP contribution in [0.4, 0.5) is 0 Å². The van der Waals surface area contributed by atoms with Crippen molar-refractivity contribution in [2.75, 3.05) is 13.6 Å². The molecule has 0 bridgehead atoms. The molecule has 1 N–H and O–H groups in total. The van der Waals surface area contributed by atoms with Gasteiger partial charge >= 0.3 is 0 Å². The molecule has 0 spiro atoms. The quantitative estimate of drug-likeness (QED) is 0.926. The van der Waals surface area contributed by atoms with Crippen molar-refractivity contribution in [3.63, 3.8) is 0 Å². The van der Waals surface area contributed by atoms with Gasteiger partial charge in [0.1, 0.15) is 0 Å². The third-order valence-corrected chi connectivity index (χ3v) is 3.71. The average molecular weight is 283 g/mol. The second kappa shape index (κ2) is 5.44. The predicted molar refractivity (Wildman–Crippen MR) is 79.3 cm³/mol. The van der Waals surface area contributed by atoms with Crippen molar-refractivity contribution < 1.29 is 9.59 Å². The maximum Gasteiger partial charge on any atom is 0.251 e. The van der Waals surface area contributed by atoms with Crippen LogP contribution in [0.1, 0.15) is 16.8 Å². The Morgan fingerprint density at radius 3 is 2.43 bits per heavy atom. The molecule has 1 atom stereocenters. The summed E-state index contributed by atoms with van der Waals surface area (Å²) < 4.78 is 1.98. The highest BCUT2D eigenvalue weighted by Crippen LogP contribution is 2.12. The smallest absolute Gasteiger partial charge is 0.251 e. The molecule has 108 valence electrons. The zero-order chi connectivity index (χ0) is 14.8. The van der Waals surface area contributed by atoms with Crippen LogP contribution in [0.15, 0.2) is 48.8 Å². The molecule has 2 heterocycles. The molecule has 21 heavy (non-hydrogen) atoms. The first-order valence-electron chi connectivity index (χ1n) is 6.92. The van der Waals surface area contributed by atoms with Gasteiger partial charge < -0.3 is 14.8 Å². The Morgan fingerprint density at radius 2 is 1.86 bits per heavy atom.